The van der Waals surface area contributed by atoms with Crippen molar-refractivity contribution in [2.75, 3.05) is 33.7 Å². The van der Waals surface area contributed by atoms with E-state index < -0.39 is 0 Å². The van der Waals surface area contributed by atoms with Crippen LogP contribution in [-0.4, -0.2) is 56.6 Å². The molecule has 1 atom stereocenters. The maximum Gasteiger partial charge on any atom is 0.316 e. The number of rotatable bonds is 7. The molecule has 0 aliphatic heterocycles. The predicted octanol–water partition coefficient (Wildman–Crippen LogP) is -0.238. The highest BCUT2D eigenvalue weighted by atomic mass is 16.2. The van der Waals surface area contributed by atoms with Gasteiger partial charge in [-0.2, -0.15) is 0 Å². The van der Waals surface area contributed by atoms with Crippen LogP contribution < -0.4 is 16.0 Å². The van der Waals surface area contributed by atoms with Crippen molar-refractivity contribution >= 4 is 11.9 Å². The van der Waals surface area contributed by atoms with Crippen LogP contribution in [0.15, 0.2) is 0 Å². The predicted molar refractivity (Wildman–Crippen MR) is 67.9 cm³/mol. The summed E-state index contributed by atoms with van der Waals surface area (Å²) in [6, 6.07) is 0.0774. The van der Waals surface area contributed by atoms with Gasteiger partial charge in [0.1, 0.15) is 0 Å². The van der Waals surface area contributed by atoms with E-state index in [1.807, 2.05) is 13.8 Å². The minimum Gasteiger partial charge on any atom is -0.353 e. The monoisotopic (exact) mass is 244 g/mol. The van der Waals surface area contributed by atoms with Crippen LogP contribution in [0.1, 0.15) is 20.3 Å². The number of hydrogen-bond acceptors (Lipinski definition) is 3. The fraction of sp³-hybridized carbons (Fsp3) is 0.818. The summed E-state index contributed by atoms with van der Waals surface area (Å²) in [4.78, 5) is 23.9. The Morgan fingerprint density at radius 2 is 1.88 bits per heavy atom. The van der Waals surface area contributed by atoms with Crippen LogP contribution in [-0.2, 0) is 4.79 Å². The van der Waals surface area contributed by atoms with Gasteiger partial charge in [0.2, 0.25) is 5.91 Å². The van der Waals surface area contributed by atoms with Gasteiger partial charge in [-0.25, -0.2) is 4.79 Å². The summed E-state index contributed by atoms with van der Waals surface area (Å²) < 4.78 is 0. The summed E-state index contributed by atoms with van der Waals surface area (Å²) in [6.45, 7) is 5.35. The Morgan fingerprint density at radius 3 is 2.41 bits per heavy atom. The van der Waals surface area contributed by atoms with E-state index in [1.165, 1.54) is 4.90 Å². The molecule has 17 heavy (non-hydrogen) atoms. The molecular weight excluding hydrogens is 220 g/mol. The minimum atomic E-state index is -0.129. The molecular formula is C11H24N4O2. The molecule has 6 heteroatoms. The average Bonchev–Trinajstić information content (AvgIpc) is 2.27. The molecule has 0 aliphatic carbocycles. The van der Waals surface area contributed by atoms with Gasteiger partial charge in [-0.3, -0.25) is 4.79 Å². The quantitative estimate of drug-likeness (QED) is 0.541. The summed E-state index contributed by atoms with van der Waals surface area (Å²) in [6.07, 6.45) is 0.921. The molecule has 6 nitrogen and oxygen atoms in total. The normalized spacial score (nSPS) is 11.8. The third-order valence-electron chi connectivity index (χ3n) is 2.29. The zero-order valence-electron chi connectivity index (χ0n) is 11.2. The first-order valence-electron chi connectivity index (χ1n) is 5.92. The second-order valence-corrected chi connectivity index (χ2v) is 4.18. The van der Waals surface area contributed by atoms with Gasteiger partial charge >= 0.3 is 6.03 Å². The Labute approximate surface area is 103 Å². The summed E-state index contributed by atoms with van der Waals surface area (Å²) in [5.41, 5.74) is 0. The Hall–Kier alpha value is -1.30. The zero-order chi connectivity index (χ0) is 13.3. The van der Waals surface area contributed by atoms with Crippen molar-refractivity contribution in [2.45, 2.75) is 26.3 Å². The van der Waals surface area contributed by atoms with Crippen LogP contribution in [0.4, 0.5) is 4.79 Å². The van der Waals surface area contributed by atoms with E-state index in [4.69, 9.17) is 0 Å². The standard InChI is InChI=1S/C11H24N4O2/c1-5-9(2)14-10(16)8-12-6-7-13-11(17)15(3)4/h9,12H,5-8H2,1-4H3,(H,13,17)(H,14,16). The molecule has 1 unspecified atom stereocenters. The summed E-state index contributed by atoms with van der Waals surface area (Å²) in [5, 5.41) is 8.51. The highest BCUT2D eigenvalue weighted by Crippen LogP contribution is 1.86. The second-order valence-electron chi connectivity index (χ2n) is 4.18. The SMILES string of the molecule is CCC(C)NC(=O)CNCCNC(=O)N(C)C. The fourth-order valence-corrected chi connectivity index (χ4v) is 1.05. The van der Waals surface area contributed by atoms with Crippen molar-refractivity contribution in [3.8, 4) is 0 Å². The molecule has 0 aromatic rings. The Kier molecular flexibility index (Phi) is 8.13. The smallest absolute Gasteiger partial charge is 0.316 e. The van der Waals surface area contributed by atoms with E-state index in [0.717, 1.165) is 6.42 Å². The molecule has 0 radical (unpaired) electrons. The lowest BCUT2D eigenvalue weighted by molar-refractivity contribution is -0.120. The molecule has 0 spiro atoms. The zero-order valence-corrected chi connectivity index (χ0v) is 11.2. The molecule has 0 saturated heterocycles. The van der Waals surface area contributed by atoms with Gasteiger partial charge in [0.25, 0.3) is 0 Å². The van der Waals surface area contributed by atoms with E-state index in [9.17, 15) is 9.59 Å². The molecule has 0 rings (SSSR count). The van der Waals surface area contributed by atoms with E-state index >= 15 is 0 Å². The summed E-state index contributed by atoms with van der Waals surface area (Å²) in [5.74, 6) is -0.0155. The maximum atomic E-state index is 11.3. The van der Waals surface area contributed by atoms with E-state index in [-0.39, 0.29) is 24.5 Å². The van der Waals surface area contributed by atoms with Crippen LogP contribution >= 0.6 is 0 Å². The first kappa shape index (κ1) is 15.7. The lowest BCUT2D eigenvalue weighted by Crippen LogP contribution is -2.42. The Morgan fingerprint density at radius 1 is 1.24 bits per heavy atom. The van der Waals surface area contributed by atoms with Crippen LogP contribution in [0.25, 0.3) is 0 Å². The highest BCUT2D eigenvalue weighted by Gasteiger charge is 2.04. The number of hydrogen-bond donors (Lipinski definition) is 3. The third-order valence-corrected chi connectivity index (χ3v) is 2.29. The van der Waals surface area contributed by atoms with Gasteiger partial charge in [0, 0.05) is 33.2 Å². The number of carbonyl (C=O) groups excluding carboxylic acids is 2. The van der Waals surface area contributed by atoms with Gasteiger partial charge in [-0.15, -0.1) is 0 Å². The number of carbonyl (C=O) groups is 2. The average molecular weight is 244 g/mol. The van der Waals surface area contributed by atoms with Gasteiger partial charge in [-0.05, 0) is 13.3 Å². The molecule has 0 fully saturated rings. The van der Waals surface area contributed by atoms with E-state index in [2.05, 4.69) is 16.0 Å². The highest BCUT2D eigenvalue weighted by molar-refractivity contribution is 5.78. The van der Waals surface area contributed by atoms with Crippen molar-refractivity contribution in [1.29, 1.82) is 0 Å². The fourth-order valence-electron chi connectivity index (χ4n) is 1.05. The first-order chi connectivity index (χ1) is 7.97. The molecule has 0 aromatic heterocycles. The largest absolute Gasteiger partial charge is 0.353 e. The van der Waals surface area contributed by atoms with Gasteiger partial charge < -0.3 is 20.9 Å². The Balaban J connectivity index is 3.45. The van der Waals surface area contributed by atoms with Gasteiger partial charge in [0.05, 0.1) is 6.54 Å². The van der Waals surface area contributed by atoms with Gasteiger partial charge in [-0.1, -0.05) is 6.92 Å². The molecule has 0 heterocycles. The summed E-state index contributed by atoms with van der Waals surface area (Å²) >= 11 is 0. The third kappa shape index (κ3) is 8.50. The van der Waals surface area contributed by atoms with Crippen LogP contribution in [0, 0.1) is 0 Å². The van der Waals surface area contributed by atoms with E-state index in [1.54, 1.807) is 14.1 Å². The minimum absolute atomic E-state index is 0.0155. The number of nitrogens with one attached hydrogen (secondary N) is 3. The topological polar surface area (TPSA) is 73.5 Å². The van der Waals surface area contributed by atoms with Crippen molar-refractivity contribution in [3.63, 3.8) is 0 Å². The molecule has 3 amide bonds. The molecule has 0 aromatic carbocycles. The van der Waals surface area contributed by atoms with Crippen molar-refractivity contribution in [1.82, 2.24) is 20.9 Å². The second kappa shape index (κ2) is 8.81. The van der Waals surface area contributed by atoms with Crippen LogP contribution in [0.3, 0.4) is 0 Å². The molecule has 0 saturated carbocycles. The van der Waals surface area contributed by atoms with Crippen LogP contribution in [0.5, 0.6) is 0 Å². The molecule has 100 valence electrons. The van der Waals surface area contributed by atoms with Crippen molar-refractivity contribution < 1.29 is 9.59 Å². The van der Waals surface area contributed by atoms with E-state index in [0.29, 0.717) is 13.1 Å². The maximum absolute atomic E-state index is 11.3. The van der Waals surface area contributed by atoms with Crippen molar-refractivity contribution in [3.05, 3.63) is 0 Å². The lowest BCUT2D eigenvalue weighted by atomic mass is 10.2. The lowest BCUT2D eigenvalue weighted by Gasteiger charge is -2.13. The number of nitrogens with zero attached hydrogens (tertiary/aromatic N) is 1. The number of amides is 3. The van der Waals surface area contributed by atoms with Gasteiger partial charge in [0.15, 0.2) is 0 Å². The number of urea groups is 1. The Bertz CT molecular complexity index is 244. The van der Waals surface area contributed by atoms with Crippen molar-refractivity contribution in [2.24, 2.45) is 0 Å². The molecule has 3 N–H and O–H groups in total. The molecule has 0 bridgehead atoms. The first-order valence-corrected chi connectivity index (χ1v) is 5.92. The summed E-state index contributed by atoms with van der Waals surface area (Å²) in [7, 11) is 3.37. The van der Waals surface area contributed by atoms with Crippen LogP contribution in [0.2, 0.25) is 0 Å². The molecule has 0 aliphatic rings.